The largest absolute Gasteiger partial charge is 0.504 e. The van der Waals surface area contributed by atoms with Gasteiger partial charge < -0.3 is 19.9 Å². The molecule has 0 atom stereocenters. The van der Waals surface area contributed by atoms with Crippen LogP contribution in [0.5, 0.6) is 17.2 Å². The van der Waals surface area contributed by atoms with Gasteiger partial charge in [-0.1, -0.05) is 6.07 Å². The van der Waals surface area contributed by atoms with Crippen molar-refractivity contribution < 1.29 is 19.4 Å². The van der Waals surface area contributed by atoms with Crippen molar-refractivity contribution in [3.8, 4) is 17.2 Å². The number of hydrogen-bond acceptors (Lipinski definition) is 6. The number of carbonyl (C=O) groups excluding carboxylic acids is 1. The quantitative estimate of drug-likeness (QED) is 0.734. The third-order valence-electron chi connectivity index (χ3n) is 3.61. The van der Waals surface area contributed by atoms with Crippen LogP contribution in [0.3, 0.4) is 0 Å². The molecular weight excluding hydrogens is 364 g/mol. The van der Waals surface area contributed by atoms with E-state index in [1.807, 2.05) is 38.1 Å². The predicted molar refractivity (Wildman–Crippen MR) is 108 cm³/mol. The summed E-state index contributed by atoms with van der Waals surface area (Å²) in [6.07, 6.45) is 1.74. The molecule has 0 radical (unpaired) electrons. The van der Waals surface area contributed by atoms with Gasteiger partial charge in [0.25, 0.3) is 5.91 Å². The normalized spacial score (nSPS) is 16.6. The highest BCUT2D eigenvalue weighted by Crippen LogP contribution is 2.31. The molecule has 6 nitrogen and oxygen atoms in total. The highest BCUT2D eigenvalue weighted by atomic mass is 32.2. The molecule has 0 unspecified atom stereocenters. The van der Waals surface area contributed by atoms with Crippen molar-refractivity contribution in [2.75, 3.05) is 13.2 Å². The van der Waals surface area contributed by atoms with Gasteiger partial charge in [0.1, 0.15) is 5.75 Å². The van der Waals surface area contributed by atoms with E-state index in [9.17, 15) is 9.90 Å². The molecule has 1 saturated heterocycles. The molecule has 1 aliphatic heterocycles. The van der Waals surface area contributed by atoms with Gasteiger partial charge in [-0.15, -0.1) is 0 Å². The predicted octanol–water partition coefficient (Wildman–Crippen LogP) is 4.08. The summed E-state index contributed by atoms with van der Waals surface area (Å²) in [5, 5.41) is 13.1. The summed E-state index contributed by atoms with van der Waals surface area (Å²) in [4.78, 5) is 17.2. The van der Waals surface area contributed by atoms with Crippen molar-refractivity contribution >= 4 is 34.6 Å². The number of amides is 1. The lowest BCUT2D eigenvalue weighted by molar-refractivity contribution is -0.115. The molecular formula is C20H20N2O4S. The van der Waals surface area contributed by atoms with E-state index in [4.69, 9.17) is 9.47 Å². The summed E-state index contributed by atoms with van der Waals surface area (Å²) in [5.41, 5.74) is 1.49. The molecule has 7 heteroatoms. The summed E-state index contributed by atoms with van der Waals surface area (Å²) >= 11 is 1.26. The van der Waals surface area contributed by atoms with E-state index in [-0.39, 0.29) is 11.7 Å². The molecule has 1 aliphatic rings. The third kappa shape index (κ3) is 4.83. The number of nitrogens with one attached hydrogen (secondary N) is 1. The fourth-order valence-corrected chi connectivity index (χ4v) is 3.27. The fraction of sp³-hybridized carbons (Fsp3) is 0.200. The smallest absolute Gasteiger partial charge is 0.264 e. The topological polar surface area (TPSA) is 80.2 Å². The van der Waals surface area contributed by atoms with Gasteiger partial charge in [0.2, 0.25) is 0 Å². The minimum absolute atomic E-state index is 0.0697. The number of hydrogen-bond donors (Lipinski definition) is 2. The number of ether oxygens (including phenoxy) is 2. The Bertz CT molecular complexity index is 891. The van der Waals surface area contributed by atoms with Crippen LogP contribution in [-0.4, -0.2) is 29.4 Å². The molecule has 140 valence electrons. The van der Waals surface area contributed by atoms with Crippen LogP contribution in [0.15, 0.2) is 52.4 Å². The van der Waals surface area contributed by atoms with Crippen molar-refractivity contribution in [3.05, 3.63) is 52.9 Å². The number of carbonyl (C=O) groups is 1. The van der Waals surface area contributed by atoms with E-state index < -0.39 is 0 Å². The second-order valence-electron chi connectivity index (χ2n) is 5.57. The third-order valence-corrected chi connectivity index (χ3v) is 4.52. The molecule has 1 amide bonds. The summed E-state index contributed by atoms with van der Waals surface area (Å²) in [6, 6.07) is 12.3. The Morgan fingerprint density at radius 1 is 1.11 bits per heavy atom. The second kappa shape index (κ2) is 8.64. The maximum absolute atomic E-state index is 12.2. The van der Waals surface area contributed by atoms with Crippen molar-refractivity contribution in [1.29, 1.82) is 0 Å². The minimum atomic E-state index is -0.212. The summed E-state index contributed by atoms with van der Waals surface area (Å²) < 4.78 is 10.8. The molecule has 0 aliphatic carbocycles. The Hall–Kier alpha value is -2.93. The van der Waals surface area contributed by atoms with Gasteiger partial charge in [-0.05, 0) is 73.6 Å². The number of aliphatic imine (C=N–C) groups is 1. The maximum atomic E-state index is 12.2. The van der Waals surface area contributed by atoms with Crippen molar-refractivity contribution in [3.63, 3.8) is 0 Å². The second-order valence-corrected chi connectivity index (χ2v) is 6.60. The van der Waals surface area contributed by atoms with Crippen LogP contribution in [0.4, 0.5) is 5.69 Å². The summed E-state index contributed by atoms with van der Waals surface area (Å²) in [7, 11) is 0. The van der Waals surface area contributed by atoms with Crippen LogP contribution in [-0.2, 0) is 4.79 Å². The van der Waals surface area contributed by atoms with Gasteiger partial charge in [0, 0.05) is 0 Å². The van der Waals surface area contributed by atoms with E-state index >= 15 is 0 Å². The van der Waals surface area contributed by atoms with Gasteiger partial charge in [-0.25, -0.2) is 4.99 Å². The van der Waals surface area contributed by atoms with Gasteiger partial charge in [-0.3, -0.25) is 4.79 Å². The number of amidine groups is 1. The SMILES string of the molecule is CCOc1ccc(N=C2NC(=O)/C(=C/c3ccc(O)c(OCC)c3)S2)cc1. The highest BCUT2D eigenvalue weighted by Gasteiger charge is 2.24. The molecule has 2 aromatic carbocycles. The van der Waals surface area contributed by atoms with Crippen LogP contribution in [0.25, 0.3) is 6.08 Å². The van der Waals surface area contributed by atoms with E-state index in [2.05, 4.69) is 10.3 Å². The Morgan fingerprint density at radius 2 is 1.85 bits per heavy atom. The van der Waals surface area contributed by atoms with Gasteiger partial charge >= 0.3 is 0 Å². The number of nitrogens with zero attached hydrogens (tertiary/aromatic N) is 1. The van der Waals surface area contributed by atoms with Crippen molar-refractivity contribution in [1.82, 2.24) is 5.32 Å². The maximum Gasteiger partial charge on any atom is 0.264 e. The minimum Gasteiger partial charge on any atom is -0.504 e. The average molecular weight is 384 g/mol. The van der Waals surface area contributed by atoms with Crippen LogP contribution >= 0.6 is 11.8 Å². The molecule has 2 aromatic rings. The van der Waals surface area contributed by atoms with E-state index in [0.717, 1.165) is 17.0 Å². The first kappa shape index (κ1) is 18.8. The molecule has 2 N–H and O–H groups in total. The van der Waals surface area contributed by atoms with Gasteiger partial charge in [-0.2, -0.15) is 0 Å². The fourth-order valence-electron chi connectivity index (χ4n) is 2.42. The Kier molecular flexibility index (Phi) is 6.03. The standard InChI is InChI=1S/C20H20N2O4S/c1-3-25-15-8-6-14(7-9-15)21-20-22-19(24)18(27-20)12-13-5-10-16(23)17(11-13)26-4-2/h5-12,23H,3-4H2,1-2H3,(H,21,22,24)/b18-12-. The first-order chi connectivity index (χ1) is 13.1. The molecule has 0 aromatic heterocycles. The lowest BCUT2D eigenvalue weighted by Gasteiger charge is -2.06. The lowest BCUT2D eigenvalue weighted by Crippen LogP contribution is -2.19. The first-order valence-corrected chi connectivity index (χ1v) is 9.39. The van der Waals surface area contributed by atoms with Crippen molar-refractivity contribution in [2.24, 2.45) is 4.99 Å². The van der Waals surface area contributed by atoms with Crippen LogP contribution < -0.4 is 14.8 Å². The number of thioether (sulfide) groups is 1. The molecule has 0 spiro atoms. The van der Waals surface area contributed by atoms with Crippen molar-refractivity contribution in [2.45, 2.75) is 13.8 Å². The number of phenols is 1. The zero-order chi connectivity index (χ0) is 19.2. The molecule has 0 saturated carbocycles. The average Bonchev–Trinajstić information content (AvgIpc) is 2.99. The van der Waals surface area contributed by atoms with Crippen LogP contribution in [0.1, 0.15) is 19.4 Å². The number of aromatic hydroxyl groups is 1. The van der Waals surface area contributed by atoms with Gasteiger partial charge in [0.15, 0.2) is 16.7 Å². The number of rotatable bonds is 6. The zero-order valence-electron chi connectivity index (χ0n) is 15.1. The first-order valence-electron chi connectivity index (χ1n) is 8.57. The molecule has 27 heavy (non-hydrogen) atoms. The molecule has 1 fully saturated rings. The number of phenolic OH excluding ortho intramolecular Hbond substituents is 1. The van der Waals surface area contributed by atoms with Crippen LogP contribution in [0.2, 0.25) is 0 Å². The summed E-state index contributed by atoms with van der Waals surface area (Å²) in [6.45, 7) is 4.82. The van der Waals surface area contributed by atoms with E-state index in [0.29, 0.717) is 29.0 Å². The lowest BCUT2D eigenvalue weighted by atomic mass is 10.2. The number of benzene rings is 2. The van der Waals surface area contributed by atoms with E-state index in [1.54, 1.807) is 24.3 Å². The van der Waals surface area contributed by atoms with Gasteiger partial charge in [0.05, 0.1) is 23.8 Å². The van der Waals surface area contributed by atoms with Crippen LogP contribution in [0, 0.1) is 0 Å². The zero-order valence-corrected chi connectivity index (χ0v) is 15.9. The Labute approximate surface area is 161 Å². The molecule has 3 rings (SSSR count). The Morgan fingerprint density at radius 3 is 2.56 bits per heavy atom. The highest BCUT2D eigenvalue weighted by molar-refractivity contribution is 8.18. The van der Waals surface area contributed by atoms with E-state index in [1.165, 1.54) is 11.8 Å². The Balaban J connectivity index is 1.76. The monoisotopic (exact) mass is 384 g/mol. The molecule has 1 heterocycles. The summed E-state index contributed by atoms with van der Waals surface area (Å²) in [5.74, 6) is 1.03. The molecule has 0 bridgehead atoms.